The summed E-state index contributed by atoms with van der Waals surface area (Å²) < 4.78 is 26.2. The molecule has 0 aliphatic rings. The Morgan fingerprint density at radius 3 is 2.29 bits per heavy atom. The van der Waals surface area contributed by atoms with Crippen LogP contribution in [0, 0.1) is 0 Å². The Morgan fingerprint density at radius 1 is 1.00 bits per heavy atom. The third-order valence-corrected chi connectivity index (χ3v) is 5.95. The number of halogens is 1. The number of nitrogens with zero attached hydrogens (tertiary/aromatic N) is 2. The monoisotopic (exact) mass is 516 g/mol. The molecule has 0 aliphatic carbocycles. The van der Waals surface area contributed by atoms with Crippen LogP contribution < -0.4 is 10.6 Å². The number of rotatable bonds is 8. The number of sulfonamides is 1. The Kier molecular flexibility index (Phi) is 10.5. The average Bonchev–Trinajstić information content (AvgIpc) is 2.67. The zero-order valence-electron chi connectivity index (χ0n) is 16.6. The first-order valence-electron chi connectivity index (χ1n) is 9.01. The normalized spacial score (nSPS) is 11.8. The summed E-state index contributed by atoms with van der Waals surface area (Å²) in [6.45, 7) is 3.76. The number of benzene rings is 2. The second-order valence-electron chi connectivity index (χ2n) is 6.25. The zero-order chi connectivity index (χ0) is 19.7. The van der Waals surface area contributed by atoms with Crippen molar-refractivity contribution < 1.29 is 8.42 Å². The van der Waals surface area contributed by atoms with Gasteiger partial charge in [0, 0.05) is 27.2 Å². The molecular weight excluding hydrogens is 487 g/mol. The molecule has 0 aliphatic heterocycles. The topological polar surface area (TPSA) is 73.8 Å². The highest BCUT2D eigenvalue weighted by Crippen LogP contribution is 2.19. The van der Waals surface area contributed by atoms with E-state index in [1.807, 2.05) is 31.2 Å². The lowest BCUT2D eigenvalue weighted by Crippen LogP contribution is -2.38. The van der Waals surface area contributed by atoms with E-state index in [1.165, 1.54) is 24.0 Å². The van der Waals surface area contributed by atoms with Crippen LogP contribution in [-0.2, 0) is 23.0 Å². The van der Waals surface area contributed by atoms with Crippen molar-refractivity contribution >= 4 is 40.0 Å². The van der Waals surface area contributed by atoms with Crippen molar-refractivity contribution in [2.24, 2.45) is 4.99 Å². The Morgan fingerprint density at radius 2 is 1.64 bits per heavy atom. The number of nitrogens with one attached hydrogen (secondary N) is 2. The van der Waals surface area contributed by atoms with Crippen molar-refractivity contribution in [3.8, 4) is 0 Å². The summed E-state index contributed by atoms with van der Waals surface area (Å²) in [5, 5.41) is 6.50. The maximum Gasteiger partial charge on any atom is 0.242 e. The van der Waals surface area contributed by atoms with Gasteiger partial charge in [-0.2, -0.15) is 0 Å². The zero-order valence-corrected chi connectivity index (χ0v) is 19.7. The van der Waals surface area contributed by atoms with Crippen LogP contribution >= 0.6 is 24.0 Å². The molecule has 2 aromatic carbocycles. The molecule has 0 amide bonds. The van der Waals surface area contributed by atoms with Gasteiger partial charge in [-0.1, -0.05) is 48.5 Å². The molecule has 6 nitrogen and oxygen atoms in total. The van der Waals surface area contributed by atoms with Gasteiger partial charge in [0.25, 0.3) is 0 Å². The van der Waals surface area contributed by atoms with Crippen LogP contribution in [0.15, 0.2) is 64.5 Å². The number of aliphatic imine (C=N–C) groups is 1. The minimum absolute atomic E-state index is 0. The highest BCUT2D eigenvalue weighted by atomic mass is 127. The van der Waals surface area contributed by atoms with Gasteiger partial charge in [-0.25, -0.2) is 17.7 Å². The van der Waals surface area contributed by atoms with Crippen LogP contribution in [0.2, 0.25) is 0 Å². The van der Waals surface area contributed by atoms with Crippen LogP contribution in [0.25, 0.3) is 0 Å². The largest absolute Gasteiger partial charge is 0.357 e. The predicted octanol–water partition coefficient (Wildman–Crippen LogP) is 2.85. The van der Waals surface area contributed by atoms with Gasteiger partial charge >= 0.3 is 0 Å². The van der Waals surface area contributed by atoms with Crippen LogP contribution in [-0.4, -0.2) is 45.9 Å². The molecule has 0 heterocycles. The van der Waals surface area contributed by atoms with E-state index in [4.69, 9.17) is 0 Å². The molecule has 0 spiro atoms. The van der Waals surface area contributed by atoms with Gasteiger partial charge < -0.3 is 10.6 Å². The first-order valence-corrected chi connectivity index (χ1v) is 10.5. The summed E-state index contributed by atoms with van der Waals surface area (Å²) in [5.41, 5.74) is 1.93. The van der Waals surface area contributed by atoms with Gasteiger partial charge in [0.2, 0.25) is 10.0 Å². The average molecular weight is 516 g/mol. The Labute approximate surface area is 185 Å². The molecule has 2 rings (SSSR count). The van der Waals surface area contributed by atoms with Crippen molar-refractivity contribution in [2.75, 3.05) is 27.2 Å². The maximum absolute atomic E-state index is 12.5. The lowest BCUT2D eigenvalue weighted by atomic mass is 10.1. The minimum Gasteiger partial charge on any atom is -0.357 e. The fourth-order valence-electron chi connectivity index (χ4n) is 2.56. The van der Waals surface area contributed by atoms with Gasteiger partial charge in [0.15, 0.2) is 5.96 Å². The molecule has 0 fully saturated rings. The molecule has 154 valence electrons. The van der Waals surface area contributed by atoms with Crippen LogP contribution in [0.3, 0.4) is 0 Å². The van der Waals surface area contributed by atoms with E-state index in [2.05, 4.69) is 27.8 Å². The summed E-state index contributed by atoms with van der Waals surface area (Å²) in [6, 6.07) is 17.2. The SMILES string of the molecule is CCNC(=NCc1ccccc1S(=O)(=O)N(C)C)NCCc1ccccc1.I. The molecule has 0 atom stereocenters. The first-order chi connectivity index (χ1) is 12.9. The molecule has 8 heteroatoms. The molecule has 28 heavy (non-hydrogen) atoms. The third kappa shape index (κ3) is 7.06. The Balaban J connectivity index is 0.00000392. The molecule has 0 aromatic heterocycles. The molecule has 0 saturated heterocycles. The quantitative estimate of drug-likeness (QED) is 0.322. The molecule has 2 aromatic rings. The molecular formula is C20H29IN4O2S. The van der Waals surface area contributed by atoms with E-state index in [9.17, 15) is 8.42 Å². The van der Waals surface area contributed by atoms with Crippen molar-refractivity contribution in [1.82, 2.24) is 14.9 Å². The summed E-state index contributed by atoms with van der Waals surface area (Å²) in [6.07, 6.45) is 0.886. The van der Waals surface area contributed by atoms with E-state index < -0.39 is 10.0 Å². The van der Waals surface area contributed by atoms with Gasteiger partial charge in [0.1, 0.15) is 0 Å². The highest BCUT2D eigenvalue weighted by Gasteiger charge is 2.20. The number of guanidine groups is 1. The van der Waals surface area contributed by atoms with Crippen molar-refractivity contribution in [3.63, 3.8) is 0 Å². The third-order valence-electron chi connectivity index (χ3n) is 4.03. The van der Waals surface area contributed by atoms with Crippen LogP contribution in [0.4, 0.5) is 0 Å². The highest BCUT2D eigenvalue weighted by molar-refractivity contribution is 14.0. The predicted molar refractivity (Wildman–Crippen MR) is 126 cm³/mol. The number of hydrogen-bond acceptors (Lipinski definition) is 3. The van der Waals surface area contributed by atoms with E-state index >= 15 is 0 Å². The van der Waals surface area contributed by atoms with Gasteiger partial charge in [-0.05, 0) is 30.5 Å². The van der Waals surface area contributed by atoms with E-state index in [0.717, 1.165) is 19.5 Å². The van der Waals surface area contributed by atoms with E-state index in [-0.39, 0.29) is 30.5 Å². The fourth-order valence-corrected chi connectivity index (χ4v) is 3.67. The molecule has 0 bridgehead atoms. The molecule has 0 unspecified atom stereocenters. The van der Waals surface area contributed by atoms with E-state index in [1.54, 1.807) is 18.2 Å². The fraction of sp³-hybridized carbons (Fsp3) is 0.350. The standard InChI is InChI=1S/C20H28N4O2S.HI/c1-4-21-20(22-15-14-17-10-6-5-7-11-17)23-16-18-12-8-9-13-19(18)27(25,26)24(2)3;/h5-13H,4,14-16H2,1-3H3,(H2,21,22,23);1H. The number of hydrogen-bond donors (Lipinski definition) is 2. The Bertz CT molecular complexity index is 856. The summed E-state index contributed by atoms with van der Waals surface area (Å²) in [7, 11) is -0.433. The lowest BCUT2D eigenvalue weighted by Gasteiger charge is -2.15. The summed E-state index contributed by atoms with van der Waals surface area (Å²) in [5.74, 6) is 0.672. The van der Waals surface area contributed by atoms with Crippen molar-refractivity contribution in [2.45, 2.75) is 24.8 Å². The molecule has 0 radical (unpaired) electrons. The van der Waals surface area contributed by atoms with Crippen LogP contribution in [0.1, 0.15) is 18.1 Å². The van der Waals surface area contributed by atoms with Gasteiger partial charge in [-0.15, -0.1) is 24.0 Å². The van der Waals surface area contributed by atoms with Crippen LogP contribution in [0.5, 0.6) is 0 Å². The van der Waals surface area contributed by atoms with Gasteiger partial charge in [0.05, 0.1) is 11.4 Å². The van der Waals surface area contributed by atoms with Gasteiger partial charge in [-0.3, -0.25) is 0 Å². The minimum atomic E-state index is -3.50. The van der Waals surface area contributed by atoms with Crippen molar-refractivity contribution in [1.29, 1.82) is 0 Å². The second-order valence-corrected chi connectivity index (χ2v) is 8.37. The lowest BCUT2D eigenvalue weighted by molar-refractivity contribution is 0.519. The molecule has 0 saturated carbocycles. The summed E-state index contributed by atoms with van der Waals surface area (Å²) in [4.78, 5) is 4.85. The second kappa shape index (κ2) is 12.0. The van der Waals surface area contributed by atoms with E-state index in [0.29, 0.717) is 16.4 Å². The Hall–Kier alpha value is -1.65. The molecule has 2 N–H and O–H groups in total. The first kappa shape index (κ1) is 24.4. The smallest absolute Gasteiger partial charge is 0.242 e. The maximum atomic E-state index is 12.5. The summed E-state index contributed by atoms with van der Waals surface area (Å²) >= 11 is 0. The van der Waals surface area contributed by atoms with Crippen molar-refractivity contribution in [3.05, 3.63) is 65.7 Å².